The average Bonchev–Trinajstić information content (AvgIpc) is 2.64. The summed E-state index contributed by atoms with van der Waals surface area (Å²) in [5, 5.41) is 2.12. The average molecular weight is 291 g/mol. The third kappa shape index (κ3) is 3.28. The second-order valence-corrected chi connectivity index (χ2v) is 5.62. The van der Waals surface area contributed by atoms with E-state index >= 15 is 0 Å². The van der Waals surface area contributed by atoms with E-state index in [1.165, 1.54) is 4.88 Å². The van der Waals surface area contributed by atoms with E-state index in [1.807, 2.05) is 0 Å². The van der Waals surface area contributed by atoms with Gasteiger partial charge in [0.1, 0.15) is 0 Å². The van der Waals surface area contributed by atoms with Gasteiger partial charge in [-0.1, -0.05) is 13.8 Å². The van der Waals surface area contributed by atoms with Gasteiger partial charge in [-0.15, -0.1) is 11.3 Å². The van der Waals surface area contributed by atoms with Gasteiger partial charge >= 0.3 is 0 Å². The molecule has 4 heteroatoms. The Bertz CT molecular complexity index is 291. The van der Waals surface area contributed by atoms with Crippen molar-refractivity contribution in [1.29, 1.82) is 0 Å². The Balaban J connectivity index is 2.90. The minimum atomic E-state index is 0.209. The first-order valence-corrected chi connectivity index (χ1v) is 6.97. The predicted octanol–water partition coefficient (Wildman–Crippen LogP) is 3.24. The highest BCUT2D eigenvalue weighted by molar-refractivity contribution is 9.10. The van der Waals surface area contributed by atoms with E-state index in [9.17, 15) is 0 Å². The van der Waals surface area contributed by atoms with Gasteiger partial charge in [-0.05, 0) is 42.0 Å². The van der Waals surface area contributed by atoms with Crippen LogP contribution in [-0.2, 0) is 0 Å². The van der Waals surface area contributed by atoms with Crippen molar-refractivity contribution in [2.24, 2.45) is 5.73 Å². The molecule has 0 saturated carbocycles. The summed E-state index contributed by atoms with van der Waals surface area (Å²) < 4.78 is 1.15. The van der Waals surface area contributed by atoms with E-state index in [4.69, 9.17) is 5.73 Å². The molecule has 0 saturated heterocycles. The number of hydrogen-bond donors (Lipinski definition) is 1. The van der Waals surface area contributed by atoms with Crippen LogP contribution in [0, 0.1) is 0 Å². The molecule has 15 heavy (non-hydrogen) atoms. The SMILES string of the molecule is CCC(N)C(c1cc(Br)cs1)N(C)CC. The second kappa shape index (κ2) is 5.99. The molecular formula is C11H19BrN2S. The first-order chi connectivity index (χ1) is 7.10. The lowest BCUT2D eigenvalue weighted by molar-refractivity contribution is 0.223. The number of nitrogens with zero attached hydrogens (tertiary/aromatic N) is 1. The van der Waals surface area contributed by atoms with Gasteiger partial charge in [0, 0.05) is 20.8 Å². The van der Waals surface area contributed by atoms with Crippen LogP contribution in [0.2, 0.25) is 0 Å². The zero-order valence-corrected chi connectivity index (χ0v) is 11.9. The lowest BCUT2D eigenvalue weighted by Gasteiger charge is -2.30. The maximum atomic E-state index is 6.18. The van der Waals surface area contributed by atoms with Crippen molar-refractivity contribution < 1.29 is 0 Å². The van der Waals surface area contributed by atoms with E-state index in [1.54, 1.807) is 11.3 Å². The molecule has 0 aliphatic carbocycles. The van der Waals surface area contributed by atoms with Crippen LogP contribution in [0.3, 0.4) is 0 Å². The molecule has 0 spiro atoms. The molecule has 0 fully saturated rings. The zero-order valence-electron chi connectivity index (χ0n) is 9.53. The van der Waals surface area contributed by atoms with Gasteiger partial charge in [0.25, 0.3) is 0 Å². The molecule has 0 radical (unpaired) electrons. The molecule has 0 bridgehead atoms. The van der Waals surface area contributed by atoms with Crippen LogP contribution in [0.1, 0.15) is 31.2 Å². The van der Waals surface area contributed by atoms with E-state index in [2.05, 4.69) is 53.2 Å². The van der Waals surface area contributed by atoms with Crippen molar-refractivity contribution in [2.45, 2.75) is 32.4 Å². The maximum Gasteiger partial charge on any atom is 0.0591 e. The van der Waals surface area contributed by atoms with Crippen LogP contribution in [0.15, 0.2) is 15.9 Å². The molecule has 2 atom stereocenters. The Hall–Kier alpha value is 0.1000. The summed E-state index contributed by atoms with van der Waals surface area (Å²) in [5.41, 5.74) is 6.18. The maximum absolute atomic E-state index is 6.18. The van der Waals surface area contributed by atoms with Crippen molar-refractivity contribution in [3.8, 4) is 0 Å². The summed E-state index contributed by atoms with van der Waals surface area (Å²) in [5.74, 6) is 0. The summed E-state index contributed by atoms with van der Waals surface area (Å²) in [6.07, 6.45) is 1.00. The molecule has 1 heterocycles. The van der Waals surface area contributed by atoms with E-state index in [0.29, 0.717) is 6.04 Å². The minimum Gasteiger partial charge on any atom is -0.326 e. The molecule has 1 aromatic rings. The molecular weight excluding hydrogens is 272 g/mol. The van der Waals surface area contributed by atoms with Crippen LogP contribution < -0.4 is 5.73 Å². The van der Waals surface area contributed by atoms with Crippen LogP contribution in [0.4, 0.5) is 0 Å². The molecule has 86 valence electrons. The number of likely N-dealkylation sites (N-methyl/N-ethyl adjacent to an activating group) is 1. The highest BCUT2D eigenvalue weighted by Gasteiger charge is 2.23. The highest BCUT2D eigenvalue weighted by Crippen LogP contribution is 2.31. The van der Waals surface area contributed by atoms with Gasteiger partial charge in [-0.25, -0.2) is 0 Å². The van der Waals surface area contributed by atoms with Crippen LogP contribution in [-0.4, -0.2) is 24.5 Å². The summed E-state index contributed by atoms with van der Waals surface area (Å²) >= 11 is 5.27. The van der Waals surface area contributed by atoms with Gasteiger partial charge in [0.2, 0.25) is 0 Å². The van der Waals surface area contributed by atoms with Crippen molar-refractivity contribution >= 4 is 27.3 Å². The summed E-state index contributed by atoms with van der Waals surface area (Å²) in [6.45, 7) is 5.33. The Morgan fingerprint density at radius 2 is 2.20 bits per heavy atom. The summed E-state index contributed by atoms with van der Waals surface area (Å²) in [4.78, 5) is 3.66. The number of thiophene rings is 1. The van der Waals surface area contributed by atoms with Gasteiger partial charge in [0.05, 0.1) is 6.04 Å². The fourth-order valence-electron chi connectivity index (χ4n) is 1.66. The largest absolute Gasteiger partial charge is 0.326 e. The van der Waals surface area contributed by atoms with E-state index < -0.39 is 0 Å². The van der Waals surface area contributed by atoms with Gasteiger partial charge < -0.3 is 5.73 Å². The second-order valence-electron chi connectivity index (χ2n) is 3.76. The topological polar surface area (TPSA) is 29.3 Å². The molecule has 0 aromatic carbocycles. The molecule has 2 unspecified atom stereocenters. The molecule has 2 N–H and O–H groups in total. The van der Waals surface area contributed by atoms with Gasteiger partial charge in [0.15, 0.2) is 0 Å². The standard InChI is InChI=1S/C11H19BrN2S/c1-4-9(13)11(14(3)5-2)10-6-8(12)7-15-10/h6-7,9,11H,4-5,13H2,1-3H3. The minimum absolute atomic E-state index is 0.209. The van der Waals surface area contributed by atoms with Crippen molar-refractivity contribution in [1.82, 2.24) is 4.90 Å². The Morgan fingerprint density at radius 1 is 1.53 bits per heavy atom. The third-order valence-corrected chi connectivity index (χ3v) is 4.49. The van der Waals surface area contributed by atoms with E-state index in [0.717, 1.165) is 17.4 Å². The summed E-state index contributed by atoms with van der Waals surface area (Å²) in [7, 11) is 2.13. The van der Waals surface area contributed by atoms with Gasteiger partial charge in [-0.2, -0.15) is 0 Å². The first kappa shape index (κ1) is 13.2. The third-order valence-electron chi connectivity index (χ3n) is 2.73. The van der Waals surface area contributed by atoms with E-state index in [-0.39, 0.29) is 6.04 Å². The summed E-state index contributed by atoms with van der Waals surface area (Å²) in [6, 6.07) is 2.73. The van der Waals surface area contributed by atoms with Crippen LogP contribution in [0.25, 0.3) is 0 Å². The Labute approximate surface area is 105 Å². The fourth-order valence-corrected chi connectivity index (χ4v) is 3.34. The highest BCUT2D eigenvalue weighted by atomic mass is 79.9. The number of hydrogen-bond acceptors (Lipinski definition) is 3. The molecule has 0 aliphatic rings. The predicted molar refractivity (Wildman–Crippen MR) is 71.3 cm³/mol. The normalized spacial score (nSPS) is 15.6. The quantitative estimate of drug-likeness (QED) is 0.902. The Morgan fingerprint density at radius 3 is 2.60 bits per heavy atom. The van der Waals surface area contributed by atoms with Gasteiger partial charge in [-0.3, -0.25) is 4.90 Å². The van der Waals surface area contributed by atoms with Crippen molar-refractivity contribution in [3.63, 3.8) is 0 Å². The van der Waals surface area contributed by atoms with Crippen LogP contribution in [0.5, 0.6) is 0 Å². The molecule has 2 nitrogen and oxygen atoms in total. The fraction of sp³-hybridized carbons (Fsp3) is 0.636. The smallest absolute Gasteiger partial charge is 0.0591 e. The number of rotatable bonds is 5. The number of halogens is 1. The molecule has 1 aromatic heterocycles. The number of nitrogens with two attached hydrogens (primary N) is 1. The lowest BCUT2D eigenvalue weighted by Crippen LogP contribution is -2.38. The molecule has 0 aliphatic heterocycles. The first-order valence-electron chi connectivity index (χ1n) is 5.29. The van der Waals surface area contributed by atoms with Crippen LogP contribution >= 0.6 is 27.3 Å². The monoisotopic (exact) mass is 290 g/mol. The zero-order chi connectivity index (χ0) is 11.4. The molecule has 1 rings (SSSR count). The Kier molecular flexibility index (Phi) is 5.26. The van der Waals surface area contributed by atoms with Crippen molar-refractivity contribution in [3.05, 3.63) is 20.8 Å². The molecule has 0 amide bonds. The lowest BCUT2D eigenvalue weighted by atomic mass is 10.0. The van der Waals surface area contributed by atoms with Crippen molar-refractivity contribution in [2.75, 3.05) is 13.6 Å².